The highest BCUT2D eigenvalue weighted by atomic mass is 16.5. The van der Waals surface area contributed by atoms with Crippen LogP contribution in [0.25, 0.3) is 0 Å². The normalized spacial score (nSPS) is 14.1. The molecule has 136 valence electrons. The summed E-state index contributed by atoms with van der Waals surface area (Å²) >= 11 is 0. The van der Waals surface area contributed by atoms with Gasteiger partial charge >= 0.3 is 0 Å². The third-order valence-electron chi connectivity index (χ3n) is 4.44. The Bertz CT molecular complexity index is 798. The quantitative estimate of drug-likeness (QED) is 0.918. The summed E-state index contributed by atoms with van der Waals surface area (Å²) in [7, 11) is 1.58. The van der Waals surface area contributed by atoms with Crippen LogP contribution >= 0.6 is 0 Å². The van der Waals surface area contributed by atoms with Crippen molar-refractivity contribution in [2.24, 2.45) is 0 Å². The number of rotatable bonds is 4. The number of carbonyl (C=O) groups is 2. The molecule has 0 unspecified atom stereocenters. The largest absolute Gasteiger partial charge is 0.496 e. The first-order valence-corrected chi connectivity index (χ1v) is 8.63. The van der Waals surface area contributed by atoms with E-state index in [9.17, 15) is 9.59 Å². The van der Waals surface area contributed by atoms with Gasteiger partial charge in [-0.15, -0.1) is 0 Å². The number of methoxy groups -OCH3 is 1. The monoisotopic (exact) mass is 353 g/mol. The van der Waals surface area contributed by atoms with Gasteiger partial charge in [-0.25, -0.2) is 0 Å². The van der Waals surface area contributed by atoms with Crippen LogP contribution in [0.2, 0.25) is 0 Å². The van der Waals surface area contributed by atoms with Crippen molar-refractivity contribution in [3.8, 4) is 5.75 Å². The number of nitrogens with one attached hydrogen (secondary N) is 1. The number of hydrogen-bond acceptors (Lipinski definition) is 4. The summed E-state index contributed by atoms with van der Waals surface area (Å²) < 4.78 is 5.30. The molecule has 0 aromatic heterocycles. The lowest BCUT2D eigenvalue weighted by atomic mass is 10.1. The maximum atomic E-state index is 12.8. The van der Waals surface area contributed by atoms with Crippen LogP contribution in [0.5, 0.6) is 5.75 Å². The maximum Gasteiger partial charge on any atom is 0.257 e. The van der Waals surface area contributed by atoms with Gasteiger partial charge in [-0.1, -0.05) is 18.2 Å². The van der Waals surface area contributed by atoms with Gasteiger partial charge in [0.05, 0.1) is 12.7 Å². The SMILES string of the molecule is COc1ccccc1C(=O)N1CCN(c2cccc(NC(C)=O)c2)CC1. The minimum atomic E-state index is -0.0885. The van der Waals surface area contributed by atoms with Crippen LogP contribution in [-0.2, 0) is 4.79 Å². The third kappa shape index (κ3) is 3.96. The molecule has 1 aliphatic rings. The van der Waals surface area contributed by atoms with Crippen molar-refractivity contribution in [1.29, 1.82) is 0 Å². The third-order valence-corrected chi connectivity index (χ3v) is 4.44. The summed E-state index contributed by atoms with van der Waals surface area (Å²) in [6, 6.07) is 15.1. The second-order valence-corrected chi connectivity index (χ2v) is 6.21. The number of nitrogens with zero attached hydrogens (tertiary/aromatic N) is 2. The number of piperazine rings is 1. The Morgan fingerprint density at radius 2 is 1.73 bits per heavy atom. The lowest BCUT2D eigenvalue weighted by Crippen LogP contribution is -2.48. The second-order valence-electron chi connectivity index (χ2n) is 6.21. The second kappa shape index (κ2) is 7.91. The van der Waals surface area contributed by atoms with Crippen molar-refractivity contribution in [1.82, 2.24) is 4.90 Å². The summed E-state index contributed by atoms with van der Waals surface area (Å²) in [5.74, 6) is 0.506. The van der Waals surface area contributed by atoms with Crippen LogP contribution in [0.1, 0.15) is 17.3 Å². The number of anilines is 2. The molecule has 2 aromatic carbocycles. The molecule has 1 saturated heterocycles. The van der Waals surface area contributed by atoms with Crippen LogP contribution < -0.4 is 15.0 Å². The van der Waals surface area contributed by atoms with Crippen LogP contribution in [-0.4, -0.2) is 50.0 Å². The Hall–Kier alpha value is -3.02. The zero-order chi connectivity index (χ0) is 18.5. The fraction of sp³-hybridized carbons (Fsp3) is 0.300. The van der Waals surface area contributed by atoms with E-state index in [1.165, 1.54) is 6.92 Å². The Morgan fingerprint density at radius 1 is 1.00 bits per heavy atom. The van der Waals surface area contributed by atoms with Gasteiger partial charge in [0, 0.05) is 44.5 Å². The molecule has 2 aromatic rings. The lowest BCUT2D eigenvalue weighted by Gasteiger charge is -2.36. The van der Waals surface area contributed by atoms with E-state index in [-0.39, 0.29) is 11.8 Å². The van der Waals surface area contributed by atoms with Gasteiger partial charge in [0.1, 0.15) is 5.75 Å². The van der Waals surface area contributed by atoms with Crippen LogP contribution in [0.4, 0.5) is 11.4 Å². The maximum absolute atomic E-state index is 12.8. The van der Waals surface area contributed by atoms with E-state index in [1.54, 1.807) is 19.2 Å². The van der Waals surface area contributed by atoms with Crippen molar-refractivity contribution >= 4 is 23.2 Å². The molecular formula is C20H23N3O3. The summed E-state index contributed by atoms with van der Waals surface area (Å²) in [5, 5.41) is 2.80. The van der Waals surface area contributed by atoms with E-state index in [2.05, 4.69) is 10.2 Å². The molecule has 1 fully saturated rings. The van der Waals surface area contributed by atoms with Crippen LogP contribution in [0.3, 0.4) is 0 Å². The molecule has 1 heterocycles. The highest BCUT2D eigenvalue weighted by Gasteiger charge is 2.24. The minimum Gasteiger partial charge on any atom is -0.496 e. The first-order valence-electron chi connectivity index (χ1n) is 8.63. The molecule has 6 nitrogen and oxygen atoms in total. The Balaban J connectivity index is 1.66. The predicted octanol–water partition coefficient (Wildman–Crippen LogP) is 2.62. The van der Waals surface area contributed by atoms with E-state index in [0.29, 0.717) is 24.4 Å². The van der Waals surface area contributed by atoms with Gasteiger partial charge in [-0.3, -0.25) is 9.59 Å². The van der Waals surface area contributed by atoms with Gasteiger partial charge in [0.2, 0.25) is 5.91 Å². The smallest absolute Gasteiger partial charge is 0.257 e. The highest BCUT2D eigenvalue weighted by molar-refractivity contribution is 5.97. The predicted molar refractivity (Wildman–Crippen MR) is 102 cm³/mol. The standard InChI is InChI=1S/C20H23N3O3/c1-15(24)21-16-6-5-7-17(14-16)22-10-12-23(13-11-22)20(25)18-8-3-4-9-19(18)26-2/h3-9,14H,10-13H2,1-2H3,(H,21,24). The van der Waals surface area contributed by atoms with E-state index in [1.807, 2.05) is 41.3 Å². The lowest BCUT2D eigenvalue weighted by molar-refractivity contribution is -0.114. The number of hydrogen-bond donors (Lipinski definition) is 1. The van der Waals surface area contributed by atoms with E-state index >= 15 is 0 Å². The van der Waals surface area contributed by atoms with Gasteiger partial charge < -0.3 is 19.9 Å². The number of para-hydroxylation sites is 1. The van der Waals surface area contributed by atoms with Crippen molar-refractivity contribution in [2.45, 2.75) is 6.92 Å². The molecule has 1 N–H and O–H groups in total. The minimum absolute atomic E-state index is 0.00547. The average Bonchev–Trinajstić information content (AvgIpc) is 2.67. The fourth-order valence-electron chi connectivity index (χ4n) is 3.14. The van der Waals surface area contributed by atoms with Gasteiger partial charge in [-0.05, 0) is 30.3 Å². The molecule has 0 spiro atoms. The number of carbonyl (C=O) groups excluding carboxylic acids is 2. The van der Waals surface area contributed by atoms with E-state index < -0.39 is 0 Å². The zero-order valence-electron chi connectivity index (χ0n) is 15.1. The number of benzene rings is 2. The summed E-state index contributed by atoms with van der Waals surface area (Å²) in [5.41, 5.74) is 2.42. The molecule has 2 amide bonds. The van der Waals surface area contributed by atoms with E-state index in [0.717, 1.165) is 24.5 Å². The van der Waals surface area contributed by atoms with Gasteiger partial charge in [0.25, 0.3) is 5.91 Å². The molecule has 0 atom stereocenters. The molecule has 1 aliphatic heterocycles. The molecular weight excluding hydrogens is 330 g/mol. The van der Waals surface area contributed by atoms with Crippen LogP contribution in [0, 0.1) is 0 Å². The summed E-state index contributed by atoms with van der Waals surface area (Å²) in [4.78, 5) is 28.1. The molecule has 26 heavy (non-hydrogen) atoms. The first kappa shape index (κ1) is 17.8. The fourth-order valence-corrected chi connectivity index (χ4v) is 3.14. The summed E-state index contributed by atoms with van der Waals surface area (Å²) in [6.45, 7) is 4.26. The van der Waals surface area contributed by atoms with E-state index in [4.69, 9.17) is 4.74 Å². The van der Waals surface area contributed by atoms with Crippen molar-refractivity contribution in [2.75, 3.05) is 43.5 Å². The Kier molecular flexibility index (Phi) is 5.41. The molecule has 6 heteroatoms. The molecule has 0 radical (unpaired) electrons. The summed E-state index contributed by atoms with van der Waals surface area (Å²) in [6.07, 6.45) is 0. The first-order chi connectivity index (χ1) is 12.6. The van der Waals surface area contributed by atoms with Gasteiger partial charge in [-0.2, -0.15) is 0 Å². The number of amides is 2. The average molecular weight is 353 g/mol. The zero-order valence-corrected chi connectivity index (χ0v) is 15.1. The highest BCUT2D eigenvalue weighted by Crippen LogP contribution is 2.23. The van der Waals surface area contributed by atoms with Gasteiger partial charge in [0.15, 0.2) is 0 Å². The topological polar surface area (TPSA) is 61.9 Å². The van der Waals surface area contributed by atoms with Crippen molar-refractivity contribution < 1.29 is 14.3 Å². The molecule has 0 bridgehead atoms. The Morgan fingerprint density at radius 3 is 2.42 bits per heavy atom. The van der Waals surface area contributed by atoms with Crippen molar-refractivity contribution in [3.63, 3.8) is 0 Å². The molecule has 0 aliphatic carbocycles. The Labute approximate surface area is 153 Å². The van der Waals surface area contributed by atoms with Crippen LogP contribution in [0.15, 0.2) is 48.5 Å². The molecule has 0 saturated carbocycles. The molecule has 3 rings (SSSR count). The van der Waals surface area contributed by atoms with Crippen molar-refractivity contribution in [3.05, 3.63) is 54.1 Å². The number of ether oxygens (including phenoxy) is 1.